The Morgan fingerprint density at radius 1 is 1.06 bits per heavy atom. The van der Waals surface area contributed by atoms with Gasteiger partial charge in [-0.2, -0.15) is 0 Å². The van der Waals surface area contributed by atoms with Gasteiger partial charge in [-0.05, 0) is 89.5 Å². The maximum absolute atomic E-state index is 14.6. The number of nitrogens with zero attached hydrogens (tertiary/aromatic N) is 3. The molecule has 3 saturated carbocycles. The van der Waals surface area contributed by atoms with Crippen molar-refractivity contribution >= 4 is 34.8 Å². The Balaban J connectivity index is 1.24. The van der Waals surface area contributed by atoms with Crippen molar-refractivity contribution in [1.29, 1.82) is 0 Å². The summed E-state index contributed by atoms with van der Waals surface area (Å²) in [6.07, 6.45) is 5.41. The zero-order valence-corrected chi connectivity index (χ0v) is 27.2. The molecule has 47 heavy (non-hydrogen) atoms. The lowest BCUT2D eigenvalue weighted by molar-refractivity contribution is -0.159. The molecule has 0 aromatic heterocycles. The molecule has 0 saturated heterocycles. The molecule has 2 bridgehead atoms. The van der Waals surface area contributed by atoms with Gasteiger partial charge in [-0.1, -0.05) is 58.2 Å². The smallest absolute Gasteiger partial charge is 0.329 e. The molecule has 6 unspecified atom stereocenters. The van der Waals surface area contributed by atoms with Gasteiger partial charge in [0.05, 0.1) is 5.69 Å². The predicted molar refractivity (Wildman–Crippen MR) is 174 cm³/mol. The number of nitroso groups, excluding NO2 is 2. The van der Waals surface area contributed by atoms with Gasteiger partial charge in [0.1, 0.15) is 35.7 Å². The molecule has 3 fully saturated rings. The molecule has 248 valence electrons. The zero-order chi connectivity index (χ0) is 33.5. The van der Waals surface area contributed by atoms with Gasteiger partial charge >= 0.3 is 5.97 Å². The second-order valence-corrected chi connectivity index (χ2v) is 14.5. The predicted octanol–water partition coefficient (Wildman–Crippen LogP) is 5.77. The molecule has 2 aromatic carbocycles. The summed E-state index contributed by atoms with van der Waals surface area (Å²) in [5.74, 6) is -1.35. The minimum Gasteiger partial charge on any atom is -0.460 e. The molecule has 2 amide bonds. The Kier molecular flexibility index (Phi) is 8.92. The summed E-state index contributed by atoms with van der Waals surface area (Å²) in [5, 5.41) is 19.3. The van der Waals surface area contributed by atoms with E-state index >= 15 is 0 Å². The first-order valence-electron chi connectivity index (χ1n) is 16.7. The van der Waals surface area contributed by atoms with Crippen molar-refractivity contribution in [2.75, 3.05) is 4.90 Å². The summed E-state index contributed by atoms with van der Waals surface area (Å²) >= 11 is 0. The average molecular weight is 643 g/mol. The highest BCUT2D eigenvalue weighted by atomic mass is 16.5. The van der Waals surface area contributed by atoms with E-state index in [9.17, 15) is 29.3 Å². The lowest BCUT2D eigenvalue weighted by Gasteiger charge is -2.39. The second-order valence-electron chi connectivity index (χ2n) is 14.5. The molecule has 11 heteroatoms. The summed E-state index contributed by atoms with van der Waals surface area (Å²) in [5.41, 5.74) is 1.20. The molecule has 3 aliphatic carbocycles. The summed E-state index contributed by atoms with van der Waals surface area (Å²) < 4.78 is 6.29. The number of nitrogens with one attached hydrogen (secondary N) is 1. The van der Waals surface area contributed by atoms with Crippen LogP contribution in [0.25, 0.3) is 0 Å². The quantitative estimate of drug-likeness (QED) is 0.246. The van der Waals surface area contributed by atoms with Crippen LogP contribution in [0.4, 0.5) is 17.1 Å². The number of esters is 1. The standard InChI is InChI=1S/C36H42N4O7/c1-35(2)24-15-16-36(35,3)30(20-24)47-34(44)28-19-23-11-7-8-12-27(23)40(28)33(43)31(22-9-5-4-6-10-22)37-32(42)29(41)18-21-13-14-25(38-45)26(17-21)39-46/h8,12-14,17,22,24,28-31,41H,4-6,9-10,15-16,18-20H2,1-3H3,(H,37,42). The van der Waals surface area contributed by atoms with Gasteiger partial charge in [-0.25, -0.2) is 4.79 Å². The van der Waals surface area contributed by atoms with Crippen LogP contribution in [-0.4, -0.2) is 47.2 Å². The van der Waals surface area contributed by atoms with Crippen molar-refractivity contribution in [2.24, 2.45) is 33.0 Å². The van der Waals surface area contributed by atoms with Gasteiger partial charge in [-0.15, -0.1) is 9.81 Å². The number of amides is 2. The molecule has 0 spiro atoms. The molecule has 4 aliphatic rings. The third-order valence-corrected chi connectivity index (χ3v) is 12.0. The van der Waals surface area contributed by atoms with Crippen molar-refractivity contribution in [1.82, 2.24) is 5.32 Å². The van der Waals surface area contributed by atoms with Crippen LogP contribution < -0.4 is 10.2 Å². The monoisotopic (exact) mass is 642 g/mol. The van der Waals surface area contributed by atoms with Crippen molar-refractivity contribution in [3.63, 3.8) is 0 Å². The number of anilines is 1. The molecule has 6 rings (SSSR count). The van der Waals surface area contributed by atoms with Crippen molar-refractivity contribution in [3.8, 4) is 0 Å². The van der Waals surface area contributed by atoms with E-state index in [-0.39, 0.29) is 47.1 Å². The Hall–Kier alpha value is -4.17. The number of benzene rings is 1. The van der Waals surface area contributed by atoms with Gasteiger partial charge in [0.15, 0.2) is 0 Å². The molecule has 6 atom stereocenters. The molecule has 2 N–H and O–H groups in total. The summed E-state index contributed by atoms with van der Waals surface area (Å²) in [4.78, 5) is 65.7. The Morgan fingerprint density at radius 3 is 2.47 bits per heavy atom. The summed E-state index contributed by atoms with van der Waals surface area (Å²) in [6, 6.07) is 11.6. The van der Waals surface area contributed by atoms with E-state index in [4.69, 9.17) is 4.74 Å². The van der Waals surface area contributed by atoms with Gasteiger partial charge in [-0.3, -0.25) is 14.5 Å². The van der Waals surface area contributed by atoms with Gasteiger partial charge in [0, 0.05) is 23.8 Å². The fraction of sp³-hybridized carbons (Fsp3) is 0.583. The number of ether oxygens (including phenoxy) is 1. The minimum absolute atomic E-state index is 0.0464. The topological polar surface area (TPSA) is 155 Å². The van der Waals surface area contributed by atoms with E-state index in [1.165, 1.54) is 23.1 Å². The van der Waals surface area contributed by atoms with Crippen LogP contribution >= 0.6 is 0 Å². The van der Waals surface area contributed by atoms with Crippen LogP contribution in [-0.2, 0) is 32.0 Å². The van der Waals surface area contributed by atoms with E-state index in [2.05, 4.69) is 48.6 Å². The highest BCUT2D eigenvalue weighted by molar-refractivity contribution is 6.06. The van der Waals surface area contributed by atoms with E-state index in [1.807, 2.05) is 0 Å². The second kappa shape index (κ2) is 12.8. The SMILES string of the molecule is CC1(C)C2CCC1(C)C(OC(=O)C1Cc3c#cccc3N1C(=O)C(NC(=O)C(O)Cc1ccc(N=O)c(N=O)c1)C1CCCCC1)C2. The van der Waals surface area contributed by atoms with Crippen molar-refractivity contribution in [2.45, 2.75) is 109 Å². The molecular weight excluding hydrogens is 600 g/mol. The molecule has 0 radical (unpaired) electrons. The number of carbonyl (C=O) groups is 3. The fourth-order valence-corrected chi connectivity index (χ4v) is 8.65. The molecule has 1 aliphatic heterocycles. The average Bonchev–Trinajstić information content (AvgIpc) is 3.63. The maximum Gasteiger partial charge on any atom is 0.329 e. The number of hydrogen-bond acceptors (Lipinski definition) is 9. The zero-order valence-electron chi connectivity index (χ0n) is 27.2. The third-order valence-electron chi connectivity index (χ3n) is 12.0. The Morgan fingerprint density at radius 2 is 1.81 bits per heavy atom. The normalized spacial score (nSPS) is 27.3. The largest absolute Gasteiger partial charge is 0.460 e. The number of fused-ring (bicyclic) bond motifs is 3. The van der Waals surface area contributed by atoms with Crippen LogP contribution in [0.5, 0.6) is 0 Å². The van der Waals surface area contributed by atoms with E-state index in [0.29, 0.717) is 35.6 Å². The summed E-state index contributed by atoms with van der Waals surface area (Å²) in [6.45, 7) is 6.72. The van der Waals surface area contributed by atoms with Crippen LogP contribution in [0.1, 0.15) is 83.3 Å². The Bertz CT molecular complexity index is 1570. The first-order chi connectivity index (χ1) is 22.5. The number of hydrogen-bond donors (Lipinski definition) is 2. The molecule has 1 heterocycles. The Labute approximate surface area is 274 Å². The number of aliphatic hydroxyl groups is 1. The van der Waals surface area contributed by atoms with Crippen molar-refractivity contribution < 1.29 is 24.2 Å². The van der Waals surface area contributed by atoms with Gasteiger partial charge in [0.2, 0.25) is 5.91 Å². The number of aliphatic hydroxyl groups excluding tert-OH is 1. The van der Waals surface area contributed by atoms with Crippen molar-refractivity contribution in [3.05, 3.63) is 63.4 Å². The third kappa shape index (κ3) is 5.81. The highest BCUT2D eigenvalue weighted by Gasteiger charge is 2.63. The van der Waals surface area contributed by atoms with Crippen LogP contribution in [0, 0.1) is 44.6 Å². The van der Waals surface area contributed by atoms with Crippen LogP contribution in [0.2, 0.25) is 0 Å². The molecular formula is C36H42N4O7. The number of rotatable bonds is 10. The minimum atomic E-state index is -1.56. The molecule has 11 nitrogen and oxygen atoms in total. The first-order valence-corrected chi connectivity index (χ1v) is 16.7. The maximum atomic E-state index is 14.6. The highest BCUT2D eigenvalue weighted by Crippen LogP contribution is 2.66. The van der Waals surface area contributed by atoms with Gasteiger partial charge in [0.25, 0.3) is 5.91 Å². The van der Waals surface area contributed by atoms with E-state index in [1.54, 1.807) is 12.1 Å². The van der Waals surface area contributed by atoms with E-state index in [0.717, 1.165) is 38.5 Å². The van der Waals surface area contributed by atoms with Crippen LogP contribution in [0.15, 0.2) is 40.7 Å². The lowest BCUT2D eigenvalue weighted by atomic mass is 9.70. The fourth-order valence-electron chi connectivity index (χ4n) is 8.65. The first kappa shape index (κ1) is 32.8. The summed E-state index contributed by atoms with van der Waals surface area (Å²) in [7, 11) is 0. The molecule has 2 aromatic rings. The van der Waals surface area contributed by atoms with Crippen LogP contribution in [0.3, 0.4) is 0 Å². The van der Waals surface area contributed by atoms with Gasteiger partial charge < -0.3 is 15.2 Å². The lowest BCUT2D eigenvalue weighted by Crippen LogP contribution is -2.58. The number of carbonyl (C=O) groups excluding carboxylic acids is 3. The van der Waals surface area contributed by atoms with E-state index < -0.39 is 36.0 Å².